The maximum absolute atomic E-state index is 13.1. The van der Waals surface area contributed by atoms with E-state index in [4.69, 9.17) is 18.9 Å². The molecule has 10 nitrogen and oxygen atoms in total. The summed E-state index contributed by atoms with van der Waals surface area (Å²) in [4.78, 5) is 28.9. The van der Waals surface area contributed by atoms with Crippen molar-refractivity contribution >= 4 is 11.9 Å². The maximum atomic E-state index is 13.1. The van der Waals surface area contributed by atoms with E-state index in [9.17, 15) is 24.9 Å². The van der Waals surface area contributed by atoms with E-state index in [1.54, 1.807) is 25.3 Å². The summed E-state index contributed by atoms with van der Waals surface area (Å²) < 4.78 is 24.1. The zero-order chi connectivity index (χ0) is 27.5. The number of esters is 2. The Bertz CT molecular complexity index is 1070. The van der Waals surface area contributed by atoms with Crippen LogP contribution in [-0.2, 0) is 23.7 Å². The lowest BCUT2D eigenvalue weighted by Gasteiger charge is -2.52. The van der Waals surface area contributed by atoms with Crippen LogP contribution in [0.1, 0.15) is 51.0 Å². The Morgan fingerprint density at radius 2 is 2.00 bits per heavy atom. The molecule has 4 bridgehead atoms. The average molecular weight is 534 g/mol. The van der Waals surface area contributed by atoms with Crippen molar-refractivity contribution in [1.82, 2.24) is 4.98 Å². The first-order chi connectivity index (χ1) is 18.0. The van der Waals surface area contributed by atoms with Crippen LogP contribution < -0.4 is 0 Å². The molecule has 0 unspecified atom stereocenters. The van der Waals surface area contributed by atoms with Crippen LogP contribution in [0, 0.1) is 29.6 Å². The highest BCUT2D eigenvalue weighted by Gasteiger charge is 2.72. The van der Waals surface area contributed by atoms with E-state index in [0.29, 0.717) is 12.1 Å². The molecule has 4 N–H and O–H groups in total. The molecule has 3 fully saturated rings. The van der Waals surface area contributed by atoms with Gasteiger partial charge in [0, 0.05) is 37.0 Å². The number of aromatic amines is 1. The van der Waals surface area contributed by atoms with Gasteiger partial charge in [0.25, 0.3) is 0 Å². The Labute approximate surface area is 222 Å². The number of carbonyl (C=O) groups excluding carboxylic acids is 2. The van der Waals surface area contributed by atoms with Crippen LogP contribution in [0.15, 0.2) is 30.0 Å². The SMILES string of the molecule is CO[C@H]1C[C@H]2C[C@@H](O)[C@H]3[C@H]4O[C@]2(/C(C)=C/[C@@H](C)[C@@H]([C@@H](C)O)OC1=O)[C@@H]3[C@H](O)[C@@H](C)[C@H]4OC(=O)c1ccc[nH]1. The van der Waals surface area contributed by atoms with E-state index in [-0.39, 0.29) is 18.3 Å². The summed E-state index contributed by atoms with van der Waals surface area (Å²) >= 11 is 0. The molecule has 2 aliphatic carbocycles. The number of H-pyrrole nitrogens is 1. The molecular formula is C28H39NO9. The largest absolute Gasteiger partial charge is 0.457 e. The first kappa shape index (κ1) is 27.3. The second-order valence-electron chi connectivity index (χ2n) is 11.6. The lowest BCUT2D eigenvalue weighted by Crippen LogP contribution is -2.62. The quantitative estimate of drug-likeness (QED) is 0.335. The molecule has 13 atom stereocenters. The highest BCUT2D eigenvalue weighted by molar-refractivity contribution is 5.87. The van der Waals surface area contributed by atoms with E-state index in [1.165, 1.54) is 7.11 Å². The second kappa shape index (κ2) is 10.1. The number of methoxy groups -OCH3 is 1. The van der Waals surface area contributed by atoms with Crippen molar-refractivity contribution in [2.75, 3.05) is 7.11 Å². The summed E-state index contributed by atoms with van der Waals surface area (Å²) in [7, 11) is 1.43. The van der Waals surface area contributed by atoms with Crippen LogP contribution in [0.5, 0.6) is 0 Å². The fourth-order valence-electron chi connectivity index (χ4n) is 7.70. The minimum absolute atomic E-state index is 0.197. The highest BCUT2D eigenvalue weighted by Crippen LogP contribution is 2.63. The molecule has 210 valence electrons. The van der Waals surface area contributed by atoms with Gasteiger partial charge in [-0.15, -0.1) is 0 Å². The van der Waals surface area contributed by atoms with Gasteiger partial charge in [0.1, 0.15) is 24.0 Å². The first-order valence-electron chi connectivity index (χ1n) is 13.5. The van der Waals surface area contributed by atoms with Gasteiger partial charge in [-0.25, -0.2) is 9.59 Å². The van der Waals surface area contributed by atoms with Gasteiger partial charge in [-0.1, -0.05) is 19.9 Å². The first-order valence-corrected chi connectivity index (χ1v) is 13.5. The number of aliphatic hydroxyl groups is 3. The van der Waals surface area contributed by atoms with Crippen molar-refractivity contribution in [1.29, 1.82) is 0 Å². The second-order valence-corrected chi connectivity index (χ2v) is 11.6. The average Bonchev–Trinajstić information content (AvgIpc) is 3.49. The number of hydrogen-bond donors (Lipinski definition) is 4. The van der Waals surface area contributed by atoms with Gasteiger partial charge in [0.2, 0.25) is 0 Å². The van der Waals surface area contributed by atoms with Crippen LogP contribution in [0.4, 0.5) is 0 Å². The third kappa shape index (κ3) is 4.12. The molecule has 4 aliphatic rings. The predicted molar refractivity (Wildman–Crippen MR) is 134 cm³/mol. The summed E-state index contributed by atoms with van der Waals surface area (Å²) in [6.07, 6.45) is -1.80. The minimum Gasteiger partial charge on any atom is -0.457 e. The number of nitrogens with one attached hydrogen (secondary N) is 1. The Kier molecular flexibility index (Phi) is 7.23. The fraction of sp³-hybridized carbons (Fsp3) is 0.714. The molecule has 10 heteroatoms. The maximum Gasteiger partial charge on any atom is 0.355 e. The van der Waals surface area contributed by atoms with E-state index in [1.807, 2.05) is 26.8 Å². The summed E-state index contributed by atoms with van der Waals surface area (Å²) in [6.45, 7) is 7.20. The summed E-state index contributed by atoms with van der Waals surface area (Å²) in [5.74, 6) is -3.31. The number of aromatic nitrogens is 1. The Balaban J connectivity index is 1.60. The zero-order valence-electron chi connectivity index (χ0n) is 22.4. The van der Waals surface area contributed by atoms with Crippen molar-refractivity contribution in [3.8, 4) is 0 Å². The van der Waals surface area contributed by atoms with E-state index >= 15 is 0 Å². The molecule has 0 aromatic carbocycles. The molecular weight excluding hydrogens is 494 g/mol. The van der Waals surface area contributed by atoms with Crippen molar-refractivity contribution < 1.29 is 43.9 Å². The minimum atomic E-state index is -1.03. The van der Waals surface area contributed by atoms with Crippen LogP contribution in [0.2, 0.25) is 0 Å². The Morgan fingerprint density at radius 1 is 1.26 bits per heavy atom. The number of ether oxygens (including phenoxy) is 4. The van der Waals surface area contributed by atoms with Crippen LogP contribution in [0.25, 0.3) is 0 Å². The standard InChI is InChI=1S/C28H39NO9/c1-12-9-13(2)28-16(11-19(35-5)27(34)36-23(12)15(4)30)10-18(31)20-21(28)22(32)14(3)24(25(20)38-28)37-26(33)17-7-6-8-29-17/h6-9,12,14-16,18-25,29-32H,10-11H2,1-5H3/b13-9+/t12-,14-,15-,16-,18-,19+,20-,21+,22-,23+,24-,25-,28+/m1/s1. The predicted octanol–water partition coefficient (Wildman–Crippen LogP) is 1.60. The smallest absolute Gasteiger partial charge is 0.355 e. The number of aliphatic hydroxyl groups excluding tert-OH is 3. The van der Waals surface area contributed by atoms with Gasteiger partial charge in [-0.2, -0.15) is 0 Å². The van der Waals surface area contributed by atoms with Gasteiger partial charge in [0.05, 0.1) is 23.9 Å². The molecule has 5 rings (SSSR count). The zero-order valence-corrected chi connectivity index (χ0v) is 22.4. The Morgan fingerprint density at radius 3 is 2.63 bits per heavy atom. The van der Waals surface area contributed by atoms with Crippen LogP contribution >= 0.6 is 0 Å². The van der Waals surface area contributed by atoms with Crippen molar-refractivity contribution in [2.24, 2.45) is 29.6 Å². The number of cyclic esters (lactones) is 1. The van der Waals surface area contributed by atoms with Crippen molar-refractivity contribution in [3.63, 3.8) is 0 Å². The molecule has 0 amide bonds. The van der Waals surface area contributed by atoms with Crippen molar-refractivity contribution in [3.05, 3.63) is 35.7 Å². The normalized spacial score (nSPS) is 46.8. The van der Waals surface area contributed by atoms with Gasteiger partial charge in [-0.3, -0.25) is 0 Å². The summed E-state index contributed by atoms with van der Waals surface area (Å²) in [5, 5.41) is 33.5. The van der Waals surface area contributed by atoms with Crippen LogP contribution in [0.3, 0.4) is 0 Å². The topological polar surface area (TPSA) is 148 Å². The fourth-order valence-corrected chi connectivity index (χ4v) is 7.70. The summed E-state index contributed by atoms with van der Waals surface area (Å²) in [5.41, 5.74) is 0.0999. The Hall–Kier alpha value is -2.24. The third-order valence-electron chi connectivity index (χ3n) is 9.43. The molecule has 1 spiro atoms. The van der Waals surface area contributed by atoms with Crippen molar-refractivity contribution in [2.45, 2.75) is 88.9 Å². The van der Waals surface area contributed by atoms with E-state index in [2.05, 4.69) is 4.98 Å². The van der Waals surface area contributed by atoms with Gasteiger partial charge in [0.15, 0.2) is 6.10 Å². The van der Waals surface area contributed by atoms with E-state index in [0.717, 1.165) is 5.57 Å². The molecule has 3 heterocycles. The molecule has 1 saturated heterocycles. The number of carbonyl (C=O) groups is 2. The van der Waals surface area contributed by atoms with Gasteiger partial charge >= 0.3 is 11.9 Å². The van der Waals surface area contributed by atoms with Gasteiger partial charge in [-0.05, 0) is 50.3 Å². The molecule has 2 saturated carbocycles. The monoisotopic (exact) mass is 533 g/mol. The molecule has 2 aliphatic heterocycles. The van der Waals surface area contributed by atoms with Crippen LogP contribution in [-0.4, -0.2) is 87.7 Å². The molecule has 0 radical (unpaired) electrons. The number of rotatable bonds is 4. The third-order valence-corrected chi connectivity index (χ3v) is 9.43. The molecule has 1 aromatic rings. The lowest BCUT2D eigenvalue weighted by atomic mass is 9.54. The molecule has 1 aromatic heterocycles. The molecule has 38 heavy (non-hydrogen) atoms. The number of hydrogen-bond acceptors (Lipinski definition) is 9. The lowest BCUT2D eigenvalue weighted by molar-refractivity contribution is -0.174. The highest BCUT2D eigenvalue weighted by atomic mass is 16.6. The van der Waals surface area contributed by atoms with E-state index < -0.39 is 78.0 Å². The van der Waals surface area contributed by atoms with Gasteiger partial charge < -0.3 is 39.3 Å². The summed E-state index contributed by atoms with van der Waals surface area (Å²) in [6, 6.07) is 3.32.